The summed E-state index contributed by atoms with van der Waals surface area (Å²) in [6, 6.07) is 16.4. The van der Waals surface area contributed by atoms with E-state index in [1.54, 1.807) is 24.4 Å². The number of benzene rings is 3. The zero-order valence-corrected chi connectivity index (χ0v) is 26.2. The number of hydrogen-bond acceptors (Lipinski definition) is 5. The fourth-order valence-electron chi connectivity index (χ4n) is 5.67. The molecule has 3 N–H and O–H groups in total. The molecule has 1 saturated heterocycles. The summed E-state index contributed by atoms with van der Waals surface area (Å²) in [4.78, 5) is 17.1. The minimum absolute atomic E-state index is 0.0860. The number of carbonyl (C=O) groups excluding carboxylic acids is 1. The Morgan fingerprint density at radius 3 is 2.64 bits per heavy atom. The Balaban J connectivity index is 1.21. The molecule has 1 aromatic heterocycles. The monoisotopic (exact) mass is 614 g/mol. The normalized spacial score (nSPS) is 13.5. The van der Waals surface area contributed by atoms with Crippen LogP contribution in [0.2, 0.25) is 5.02 Å². The molecule has 1 aliphatic heterocycles. The van der Waals surface area contributed by atoms with Gasteiger partial charge < -0.3 is 20.7 Å². The molecule has 0 saturated carbocycles. The highest BCUT2D eigenvalue weighted by Gasteiger charge is 2.16. The van der Waals surface area contributed by atoms with Crippen molar-refractivity contribution in [1.29, 1.82) is 0 Å². The highest BCUT2D eigenvalue weighted by molar-refractivity contribution is 6.31. The van der Waals surface area contributed by atoms with Crippen LogP contribution in [-0.4, -0.2) is 30.5 Å². The molecule has 0 bridgehead atoms. The Morgan fingerprint density at radius 1 is 1.07 bits per heavy atom. The first-order valence-corrected chi connectivity index (χ1v) is 15.8. The largest absolute Gasteiger partial charge is 0.454 e. The third-order valence-corrected chi connectivity index (χ3v) is 8.75. The number of aromatic nitrogens is 1. The molecule has 0 aliphatic carbocycles. The Hall–Kier alpha value is -3.94. The highest BCUT2D eigenvalue weighted by Crippen LogP contribution is 2.34. The van der Waals surface area contributed by atoms with Crippen LogP contribution >= 0.6 is 11.6 Å². The van der Waals surface area contributed by atoms with Gasteiger partial charge in [0.05, 0.1) is 11.2 Å². The van der Waals surface area contributed by atoms with Crippen molar-refractivity contribution in [2.45, 2.75) is 52.4 Å². The van der Waals surface area contributed by atoms with E-state index < -0.39 is 5.82 Å². The highest BCUT2D eigenvalue weighted by atomic mass is 35.5. The predicted octanol–water partition coefficient (Wildman–Crippen LogP) is 7.91. The van der Waals surface area contributed by atoms with Crippen molar-refractivity contribution in [2.75, 3.05) is 25.0 Å². The molecule has 1 amide bonds. The lowest BCUT2D eigenvalue weighted by Gasteiger charge is -2.23. The summed E-state index contributed by atoms with van der Waals surface area (Å²) in [5, 5.41) is 10.7. The van der Waals surface area contributed by atoms with Crippen LogP contribution in [0.3, 0.4) is 0 Å². The zero-order chi connectivity index (χ0) is 31.1. The molecule has 6 nitrogen and oxygen atoms in total. The summed E-state index contributed by atoms with van der Waals surface area (Å²) in [5.41, 5.74) is 5.98. The van der Waals surface area contributed by atoms with Gasteiger partial charge in [-0.05, 0) is 123 Å². The average molecular weight is 615 g/mol. The van der Waals surface area contributed by atoms with Crippen LogP contribution in [0.5, 0.6) is 11.5 Å². The number of rotatable bonds is 12. The molecular weight excluding hydrogens is 575 g/mol. The molecule has 2 heterocycles. The van der Waals surface area contributed by atoms with Crippen LogP contribution < -0.4 is 20.7 Å². The predicted molar refractivity (Wildman–Crippen MR) is 177 cm³/mol. The minimum atomic E-state index is -0.557. The second-order valence-corrected chi connectivity index (χ2v) is 11.9. The number of fused-ring (bicyclic) bond motifs is 1. The van der Waals surface area contributed by atoms with Crippen molar-refractivity contribution < 1.29 is 13.9 Å². The van der Waals surface area contributed by atoms with Gasteiger partial charge in [-0.15, -0.1) is 0 Å². The maximum absolute atomic E-state index is 15.2. The topological polar surface area (TPSA) is 75.3 Å². The van der Waals surface area contributed by atoms with Crippen LogP contribution in [-0.2, 0) is 24.1 Å². The fourth-order valence-corrected chi connectivity index (χ4v) is 5.87. The number of nitrogens with one attached hydrogen (secondary N) is 3. The Kier molecular flexibility index (Phi) is 10.5. The van der Waals surface area contributed by atoms with Crippen LogP contribution in [0.25, 0.3) is 10.9 Å². The molecule has 0 spiro atoms. The number of halogens is 2. The number of aryl methyl sites for hydroxylation is 3. The molecule has 0 unspecified atom stereocenters. The lowest BCUT2D eigenvalue weighted by molar-refractivity contribution is -0.117. The van der Waals surface area contributed by atoms with Gasteiger partial charge in [-0.25, -0.2) is 4.39 Å². The van der Waals surface area contributed by atoms with E-state index >= 15 is 4.39 Å². The summed E-state index contributed by atoms with van der Waals surface area (Å²) in [7, 11) is 0. The summed E-state index contributed by atoms with van der Waals surface area (Å²) >= 11 is 6.19. The molecule has 4 aromatic rings. The number of hydrogen-bond donors (Lipinski definition) is 3. The quantitative estimate of drug-likeness (QED) is 0.141. The first-order valence-electron chi connectivity index (χ1n) is 15.4. The fraction of sp³-hybridized carbons (Fsp3) is 0.333. The van der Waals surface area contributed by atoms with Crippen molar-refractivity contribution in [3.05, 3.63) is 106 Å². The summed E-state index contributed by atoms with van der Waals surface area (Å²) < 4.78 is 21.3. The molecule has 1 aliphatic rings. The van der Waals surface area contributed by atoms with Gasteiger partial charge in [-0.1, -0.05) is 37.2 Å². The first-order chi connectivity index (χ1) is 21.3. The van der Waals surface area contributed by atoms with E-state index in [-0.39, 0.29) is 17.4 Å². The van der Waals surface area contributed by atoms with E-state index in [0.29, 0.717) is 29.4 Å². The molecule has 0 radical (unpaired) electrons. The van der Waals surface area contributed by atoms with E-state index in [1.807, 2.05) is 25.1 Å². The Labute approximate surface area is 264 Å². The van der Waals surface area contributed by atoms with E-state index in [4.69, 9.17) is 16.3 Å². The number of amides is 1. The van der Waals surface area contributed by atoms with Crippen molar-refractivity contribution in [1.82, 2.24) is 15.6 Å². The van der Waals surface area contributed by atoms with Crippen molar-refractivity contribution >= 4 is 34.1 Å². The van der Waals surface area contributed by atoms with Gasteiger partial charge in [-0.2, -0.15) is 0 Å². The maximum atomic E-state index is 15.2. The maximum Gasteiger partial charge on any atom is 0.267 e. The lowest BCUT2D eigenvalue weighted by Crippen LogP contribution is -2.29. The second-order valence-electron chi connectivity index (χ2n) is 11.5. The number of carbonyl (C=O) groups is 1. The van der Waals surface area contributed by atoms with Crippen LogP contribution in [0.15, 0.2) is 73.1 Å². The molecule has 1 fully saturated rings. The smallest absolute Gasteiger partial charge is 0.267 e. The van der Waals surface area contributed by atoms with Crippen LogP contribution in [0.1, 0.15) is 48.4 Å². The second kappa shape index (κ2) is 14.7. The summed E-state index contributed by atoms with van der Waals surface area (Å²) in [6.07, 6.45) is 7.91. The minimum Gasteiger partial charge on any atom is -0.454 e. The van der Waals surface area contributed by atoms with Gasteiger partial charge in [0.1, 0.15) is 5.75 Å². The average Bonchev–Trinajstić information content (AvgIpc) is 3.03. The van der Waals surface area contributed by atoms with E-state index in [2.05, 4.69) is 46.6 Å². The van der Waals surface area contributed by atoms with Crippen molar-refractivity contribution in [3.8, 4) is 11.5 Å². The number of ether oxygens (including phenoxy) is 1. The Bertz CT molecular complexity index is 1650. The van der Waals surface area contributed by atoms with Crippen molar-refractivity contribution in [2.24, 2.45) is 5.92 Å². The number of piperidine rings is 1. The third kappa shape index (κ3) is 7.96. The van der Waals surface area contributed by atoms with Gasteiger partial charge in [0.2, 0.25) is 0 Å². The number of anilines is 1. The molecular formula is C36H40ClFN4O2. The van der Waals surface area contributed by atoms with Gasteiger partial charge in [0.15, 0.2) is 11.6 Å². The molecule has 8 heteroatoms. The van der Waals surface area contributed by atoms with Gasteiger partial charge in [-0.3, -0.25) is 9.78 Å². The van der Waals surface area contributed by atoms with E-state index in [1.165, 1.54) is 36.5 Å². The van der Waals surface area contributed by atoms with E-state index in [0.717, 1.165) is 53.9 Å². The van der Waals surface area contributed by atoms with Crippen molar-refractivity contribution in [3.63, 3.8) is 0 Å². The Morgan fingerprint density at radius 2 is 1.89 bits per heavy atom. The summed E-state index contributed by atoms with van der Waals surface area (Å²) in [5.74, 6) is 0.471. The van der Waals surface area contributed by atoms with Crippen LogP contribution in [0, 0.1) is 18.7 Å². The van der Waals surface area contributed by atoms with Gasteiger partial charge in [0, 0.05) is 34.9 Å². The lowest BCUT2D eigenvalue weighted by atomic mass is 9.89. The molecule has 0 atom stereocenters. The third-order valence-electron chi connectivity index (χ3n) is 8.34. The van der Waals surface area contributed by atoms with E-state index in [9.17, 15) is 4.79 Å². The van der Waals surface area contributed by atoms with Gasteiger partial charge in [0.25, 0.3) is 5.91 Å². The molecule has 5 rings (SSSR count). The number of nitrogens with zero attached hydrogens (tertiary/aromatic N) is 1. The number of pyridine rings is 1. The zero-order valence-electron chi connectivity index (χ0n) is 25.4. The van der Waals surface area contributed by atoms with Crippen LogP contribution in [0.4, 0.5) is 10.1 Å². The standard InChI is InChI=1S/C36H40ClFN4O2/c1-4-27-20-30-33(21-28(27)8-7-25-11-15-39-16-12-25)40-18-14-34(30)44-35-10-9-29(22-32(35)38)42-24(3)36(43)41-17-13-26-6-5-23(2)31(37)19-26/h5-6,9-10,14,18-22,25,39,42H,3-4,7-8,11-13,15-17H2,1-2H3,(H,41,43). The summed E-state index contributed by atoms with van der Waals surface area (Å²) in [6.45, 7) is 10.5. The molecule has 3 aromatic carbocycles. The molecule has 230 valence electrons. The first kappa shape index (κ1) is 31.5. The van der Waals surface area contributed by atoms with Gasteiger partial charge >= 0.3 is 0 Å². The molecule has 44 heavy (non-hydrogen) atoms. The SMILES string of the molecule is C=C(Nc1ccc(Oc2ccnc3cc(CCC4CCNCC4)c(CC)cc23)c(F)c1)C(=O)NCCc1ccc(C)c(Cl)c1.